The molecule has 0 aromatic heterocycles. The van der Waals surface area contributed by atoms with Gasteiger partial charge in [-0.15, -0.1) is 0 Å². The molecular formula is C11H23NO. The minimum Gasteiger partial charge on any atom is -0.388 e. The summed E-state index contributed by atoms with van der Waals surface area (Å²) in [5.41, 5.74) is -0.426. The lowest BCUT2D eigenvalue weighted by atomic mass is 9.83. The number of aliphatic hydroxyl groups is 1. The van der Waals surface area contributed by atoms with Crippen LogP contribution in [0.5, 0.6) is 0 Å². The number of likely N-dealkylation sites (N-methyl/N-ethyl adjacent to an activating group) is 1. The summed E-state index contributed by atoms with van der Waals surface area (Å²) in [6, 6.07) is 0.278. The summed E-state index contributed by atoms with van der Waals surface area (Å²) in [6.45, 7) is 4.41. The SMILES string of the molecule is CC[C@H](C)[C@H](NC)C1(O)CCCC1. The molecule has 2 heteroatoms. The highest BCUT2D eigenvalue weighted by molar-refractivity contribution is 4.96. The first-order chi connectivity index (χ1) is 6.14. The first-order valence-electron chi connectivity index (χ1n) is 5.53. The van der Waals surface area contributed by atoms with Crippen molar-refractivity contribution in [2.75, 3.05) is 7.05 Å². The minimum absolute atomic E-state index is 0.278. The average molecular weight is 185 g/mol. The van der Waals surface area contributed by atoms with E-state index >= 15 is 0 Å². The molecule has 0 bridgehead atoms. The van der Waals surface area contributed by atoms with E-state index in [1.807, 2.05) is 7.05 Å². The zero-order valence-electron chi connectivity index (χ0n) is 9.14. The number of rotatable bonds is 4. The molecule has 13 heavy (non-hydrogen) atoms. The zero-order valence-corrected chi connectivity index (χ0v) is 9.14. The largest absolute Gasteiger partial charge is 0.388 e. The fraction of sp³-hybridized carbons (Fsp3) is 1.00. The summed E-state index contributed by atoms with van der Waals surface area (Å²) in [7, 11) is 1.97. The summed E-state index contributed by atoms with van der Waals surface area (Å²) in [6.07, 6.45) is 5.45. The second-order valence-corrected chi connectivity index (χ2v) is 4.46. The molecule has 1 fully saturated rings. The van der Waals surface area contributed by atoms with Crippen molar-refractivity contribution < 1.29 is 5.11 Å². The average Bonchev–Trinajstić information content (AvgIpc) is 2.53. The third-order valence-corrected chi connectivity index (χ3v) is 3.57. The van der Waals surface area contributed by atoms with Gasteiger partial charge < -0.3 is 10.4 Å². The van der Waals surface area contributed by atoms with Gasteiger partial charge in [0.2, 0.25) is 0 Å². The molecule has 0 spiro atoms. The normalized spacial score (nSPS) is 25.8. The molecule has 0 radical (unpaired) electrons. The quantitative estimate of drug-likeness (QED) is 0.701. The highest BCUT2D eigenvalue weighted by Gasteiger charge is 2.40. The molecule has 0 unspecified atom stereocenters. The van der Waals surface area contributed by atoms with Crippen LogP contribution in [0, 0.1) is 5.92 Å². The first-order valence-corrected chi connectivity index (χ1v) is 5.53. The van der Waals surface area contributed by atoms with Crippen molar-refractivity contribution in [1.29, 1.82) is 0 Å². The molecule has 1 aliphatic rings. The molecule has 1 saturated carbocycles. The number of nitrogens with one attached hydrogen (secondary N) is 1. The van der Waals surface area contributed by atoms with Crippen molar-refractivity contribution in [3.63, 3.8) is 0 Å². The maximum absolute atomic E-state index is 10.4. The smallest absolute Gasteiger partial charge is 0.0802 e. The zero-order chi connectivity index (χ0) is 9.90. The Morgan fingerprint density at radius 3 is 2.31 bits per heavy atom. The maximum Gasteiger partial charge on any atom is 0.0802 e. The summed E-state index contributed by atoms with van der Waals surface area (Å²) in [4.78, 5) is 0. The van der Waals surface area contributed by atoms with Gasteiger partial charge in [0.1, 0.15) is 0 Å². The van der Waals surface area contributed by atoms with E-state index in [1.165, 1.54) is 12.8 Å². The van der Waals surface area contributed by atoms with Gasteiger partial charge in [0.25, 0.3) is 0 Å². The first kappa shape index (κ1) is 11.0. The van der Waals surface area contributed by atoms with E-state index in [0.29, 0.717) is 5.92 Å². The van der Waals surface area contributed by atoms with Crippen LogP contribution in [-0.4, -0.2) is 23.8 Å². The lowest BCUT2D eigenvalue weighted by Crippen LogP contribution is -2.51. The van der Waals surface area contributed by atoms with Crippen LogP contribution >= 0.6 is 0 Å². The molecule has 0 aliphatic heterocycles. The van der Waals surface area contributed by atoms with E-state index in [-0.39, 0.29) is 6.04 Å². The van der Waals surface area contributed by atoms with E-state index < -0.39 is 5.60 Å². The van der Waals surface area contributed by atoms with Gasteiger partial charge in [0.15, 0.2) is 0 Å². The van der Waals surface area contributed by atoms with Gasteiger partial charge in [-0.3, -0.25) is 0 Å². The van der Waals surface area contributed by atoms with E-state index in [0.717, 1.165) is 19.3 Å². The Hall–Kier alpha value is -0.0800. The van der Waals surface area contributed by atoms with Crippen LogP contribution in [0.2, 0.25) is 0 Å². The van der Waals surface area contributed by atoms with Crippen molar-refractivity contribution in [2.24, 2.45) is 5.92 Å². The lowest BCUT2D eigenvalue weighted by molar-refractivity contribution is -0.00834. The molecule has 0 amide bonds. The van der Waals surface area contributed by atoms with Crippen LogP contribution in [0.15, 0.2) is 0 Å². The number of hydrogen-bond donors (Lipinski definition) is 2. The molecule has 1 aliphatic carbocycles. The Morgan fingerprint density at radius 2 is 1.92 bits per heavy atom. The summed E-state index contributed by atoms with van der Waals surface area (Å²) in [5.74, 6) is 0.563. The van der Waals surface area contributed by atoms with Gasteiger partial charge in [0.05, 0.1) is 5.60 Å². The molecule has 0 aromatic carbocycles. The molecule has 1 rings (SSSR count). The topological polar surface area (TPSA) is 32.3 Å². The molecule has 2 N–H and O–H groups in total. The van der Waals surface area contributed by atoms with Crippen molar-refractivity contribution in [3.05, 3.63) is 0 Å². The van der Waals surface area contributed by atoms with Crippen molar-refractivity contribution in [1.82, 2.24) is 5.32 Å². The van der Waals surface area contributed by atoms with Crippen LogP contribution in [0.25, 0.3) is 0 Å². The molecule has 2 nitrogen and oxygen atoms in total. The predicted molar refractivity (Wildman–Crippen MR) is 55.7 cm³/mol. The Labute approximate surface area is 81.7 Å². The second-order valence-electron chi connectivity index (χ2n) is 4.46. The van der Waals surface area contributed by atoms with Crippen molar-refractivity contribution in [2.45, 2.75) is 57.6 Å². The molecule has 0 aromatic rings. The van der Waals surface area contributed by atoms with Gasteiger partial charge in [-0.05, 0) is 25.8 Å². The highest BCUT2D eigenvalue weighted by atomic mass is 16.3. The predicted octanol–water partition coefficient (Wildman–Crippen LogP) is 1.93. The Morgan fingerprint density at radius 1 is 1.38 bits per heavy atom. The van der Waals surface area contributed by atoms with E-state index in [9.17, 15) is 5.11 Å². The third-order valence-electron chi connectivity index (χ3n) is 3.57. The van der Waals surface area contributed by atoms with E-state index in [1.54, 1.807) is 0 Å². The third kappa shape index (κ3) is 2.23. The van der Waals surface area contributed by atoms with E-state index in [4.69, 9.17) is 0 Å². The van der Waals surface area contributed by atoms with Gasteiger partial charge in [-0.1, -0.05) is 33.1 Å². The molecule has 2 atom stereocenters. The monoisotopic (exact) mass is 185 g/mol. The molecule has 0 saturated heterocycles. The van der Waals surface area contributed by atoms with Gasteiger partial charge in [0, 0.05) is 6.04 Å². The summed E-state index contributed by atoms with van der Waals surface area (Å²) >= 11 is 0. The summed E-state index contributed by atoms with van der Waals surface area (Å²) < 4.78 is 0. The minimum atomic E-state index is -0.426. The Kier molecular flexibility index (Phi) is 3.74. The second kappa shape index (κ2) is 4.43. The van der Waals surface area contributed by atoms with Crippen molar-refractivity contribution >= 4 is 0 Å². The van der Waals surface area contributed by atoms with Crippen molar-refractivity contribution in [3.8, 4) is 0 Å². The Bertz CT molecular complexity index is 152. The van der Waals surface area contributed by atoms with Crippen LogP contribution in [0.4, 0.5) is 0 Å². The van der Waals surface area contributed by atoms with Crippen LogP contribution in [0.3, 0.4) is 0 Å². The Balaban J connectivity index is 2.63. The number of hydrogen-bond acceptors (Lipinski definition) is 2. The van der Waals surface area contributed by atoms with Gasteiger partial charge in [-0.2, -0.15) is 0 Å². The molecular weight excluding hydrogens is 162 g/mol. The fourth-order valence-corrected chi connectivity index (χ4v) is 2.62. The van der Waals surface area contributed by atoms with E-state index in [2.05, 4.69) is 19.2 Å². The standard InChI is InChI=1S/C11H23NO/c1-4-9(2)10(12-3)11(13)7-5-6-8-11/h9-10,12-13H,4-8H2,1-3H3/t9-,10-/m0/s1. The van der Waals surface area contributed by atoms with Crippen LogP contribution in [-0.2, 0) is 0 Å². The van der Waals surface area contributed by atoms with Crippen LogP contribution in [0.1, 0.15) is 46.0 Å². The lowest BCUT2D eigenvalue weighted by Gasteiger charge is -2.36. The fourth-order valence-electron chi connectivity index (χ4n) is 2.62. The maximum atomic E-state index is 10.4. The highest BCUT2D eigenvalue weighted by Crippen LogP contribution is 2.35. The van der Waals surface area contributed by atoms with Crippen LogP contribution < -0.4 is 5.32 Å². The van der Waals surface area contributed by atoms with Gasteiger partial charge >= 0.3 is 0 Å². The molecule has 0 heterocycles. The molecule has 78 valence electrons. The van der Waals surface area contributed by atoms with Gasteiger partial charge in [-0.25, -0.2) is 0 Å². The summed E-state index contributed by atoms with van der Waals surface area (Å²) in [5, 5.41) is 13.7.